The molecule has 0 unspecified atom stereocenters. The van der Waals surface area contributed by atoms with Gasteiger partial charge in [-0.15, -0.1) is 0 Å². The molecular formula is C27H21ClN4O7. The number of hydrogen-bond donors (Lipinski definition) is 2. The van der Waals surface area contributed by atoms with Crippen molar-refractivity contribution in [2.24, 2.45) is 5.73 Å². The molecule has 0 radical (unpaired) electrons. The number of fused-ring (bicyclic) bond motifs is 4. The van der Waals surface area contributed by atoms with E-state index < -0.39 is 11.8 Å². The molecule has 3 heterocycles. The highest BCUT2D eigenvalue weighted by molar-refractivity contribution is 6.34. The maximum Gasteiger partial charge on any atom is 0.269 e. The Bertz CT molecular complexity index is 1670. The summed E-state index contributed by atoms with van der Waals surface area (Å²) < 4.78 is 29.0. The Balaban J connectivity index is 1.41. The normalized spacial score (nSPS) is 12.7. The third kappa shape index (κ3) is 4.12. The molecule has 0 bridgehead atoms. The van der Waals surface area contributed by atoms with E-state index in [1.165, 1.54) is 26.4 Å². The van der Waals surface area contributed by atoms with E-state index in [4.69, 9.17) is 41.0 Å². The van der Waals surface area contributed by atoms with Gasteiger partial charge in [-0.3, -0.25) is 9.59 Å². The number of halogens is 1. The number of aromatic nitrogens is 2. The van der Waals surface area contributed by atoms with Gasteiger partial charge in [-0.05, 0) is 36.4 Å². The van der Waals surface area contributed by atoms with Crippen molar-refractivity contribution in [3.05, 3.63) is 70.4 Å². The number of nitrogens with two attached hydrogens (primary N) is 1. The lowest BCUT2D eigenvalue weighted by Gasteiger charge is -2.21. The van der Waals surface area contributed by atoms with E-state index >= 15 is 0 Å². The van der Waals surface area contributed by atoms with Gasteiger partial charge in [0.15, 0.2) is 28.7 Å². The van der Waals surface area contributed by atoms with Crippen LogP contribution >= 0.6 is 11.6 Å². The van der Waals surface area contributed by atoms with E-state index in [1.807, 2.05) is 0 Å². The second-order valence-electron chi connectivity index (χ2n) is 8.63. The molecule has 0 saturated heterocycles. The Morgan fingerprint density at radius 2 is 1.72 bits per heavy atom. The molecule has 0 fully saturated rings. The fraction of sp³-hybridized carbons (Fsp3) is 0.148. The van der Waals surface area contributed by atoms with Gasteiger partial charge in [0.25, 0.3) is 11.8 Å². The van der Waals surface area contributed by atoms with E-state index in [2.05, 4.69) is 10.4 Å². The first-order valence-electron chi connectivity index (χ1n) is 11.7. The van der Waals surface area contributed by atoms with Gasteiger partial charge in [-0.25, -0.2) is 4.68 Å². The summed E-state index contributed by atoms with van der Waals surface area (Å²) in [4.78, 5) is 25.5. The number of primary amides is 1. The van der Waals surface area contributed by atoms with Gasteiger partial charge in [-0.2, -0.15) is 5.10 Å². The zero-order valence-corrected chi connectivity index (χ0v) is 21.5. The number of nitrogens with one attached hydrogen (secondary N) is 1. The van der Waals surface area contributed by atoms with Crippen molar-refractivity contribution in [1.29, 1.82) is 0 Å². The summed E-state index contributed by atoms with van der Waals surface area (Å²) in [6, 6.07) is 13.5. The minimum absolute atomic E-state index is 0.0832. The highest BCUT2D eigenvalue weighted by Gasteiger charge is 2.30. The van der Waals surface area contributed by atoms with Crippen LogP contribution in [0.15, 0.2) is 48.5 Å². The molecule has 198 valence electrons. The number of ether oxygens (including phenoxy) is 5. The third-order valence-electron chi connectivity index (χ3n) is 6.40. The molecule has 2 aliphatic rings. The van der Waals surface area contributed by atoms with Crippen molar-refractivity contribution in [3.63, 3.8) is 0 Å². The fourth-order valence-electron chi connectivity index (χ4n) is 4.56. The van der Waals surface area contributed by atoms with Crippen LogP contribution in [-0.2, 0) is 6.61 Å². The van der Waals surface area contributed by atoms with E-state index in [0.29, 0.717) is 56.9 Å². The highest BCUT2D eigenvalue weighted by Crippen LogP contribution is 2.43. The Hall–Kier alpha value is -4.90. The fourth-order valence-corrected chi connectivity index (χ4v) is 4.80. The third-order valence-corrected chi connectivity index (χ3v) is 6.71. The molecule has 11 nitrogen and oxygen atoms in total. The lowest BCUT2D eigenvalue weighted by Crippen LogP contribution is -2.16. The quantitative estimate of drug-likeness (QED) is 0.366. The maximum atomic E-state index is 13.2. The Labute approximate surface area is 226 Å². The van der Waals surface area contributed by atoms with Crippen LogP contribution < -0.4 is 34.7 Å². The SMILES string of the molecule is COc1cc(Cl)c(C(=O)Nc2ccc3c(c2)-c2c(c(C(N)=O)nn2-c2ccc4c(c2)OCO4)CO3)cc1OC. The summed E-state index contributed by atoms with van der Waals surface area (Å²) in [5.74, 6) is 1.32. The number of rotatable bonds is 6. The minimum Gasteiger partial charge on any atom is -0.493 e. The Morgan fingerprint density at radius 3 is 2.49 bits per heavy atom. The van der Waals surface area contributed by atoms with E-state index in [1.54, 1.807) is 41.1 Å². The van der Waals surface area contributed by atoms with Crippen molar-refractivity contribution < 1.29 is 33.3 Å². The molecule has 6 rings (SSSR count). The number of methoxy groups -OCH3 is 2. The minimum atomic E-state index is -0.689. The van der Waals surface area contributed by atoms with Crippen LogP contribution in [0.4, 0.5) is 5.69 Å². The predicted octanol–water partition coefficient (Wildman–Crippen LogP) is 4.18. The number of carbonyl (C=O) groups is 2. The number of hydrogen-bond acceptors (Lipinski definition) is 8. The van der Waals surface area contributed by atoms with E-state index in [9.17, 15) is 9.59 Å². The Morgan fingerprint density at radius 1 is 0.974 bits per heavy atom. The zero-order chi connectivity index (χ0) is 27.3. The lowest BCUT2D eigenvalue weighted by molar-refractivity contribution is 0.0990. The standard InChI is InChI=1S/C27H21ClN4O7/c1-35-21-9-15(18(28)10-22(21)36-2)27(34)30-13-3-5-19-16(7-13)25-17(11-37-19)24(26(29)33)31-32(25)14-4-6-20-23(8-14)39-12-38-20/h3-10H,11-12H2,1-2H3,(H2,29,33)(H,30,34). The molecule has 39 heavy (non-hydrogen) atoms. The molecule has 1 aromatic heterocycles. The number of benzene rings is 3. The summed E-state index contributed by atoms with van der Waals surface area (Å²) in [5, 5.41) is 7.56. The van der Waals surface area contributed by atoms with Crippen molar-refractivity contribution in [1.82, 2.24) is 9.78 Å². The molecule has 0 atom stereocenters. The second-order valence-corrected chi connectivity index (χ2v) is 9.04. The van der Waals surface area contributed by atoms with Crippen molar-refractivity contribution in [2.75, 3.05) is 26.3 Å². The predicted molar refractivity (Wildman–Crippen MR) is 140 cm³/mol. The summed E-state index contributed by atoms with van der Waals surface area (Å²) in [6.07, 6.45) is 0. The van der Waals surface area contributed by atoms with Crippen LogP contribution in [0, 0.1) is 0 Å². The number of carbonyl (C=O) groups excluding carboxylic acids is 2. The topological polar surface area (TPSA) is 136 Å². The van der Waals surface area contributed by atoms with Crippen LogP contribution in [0.3, 0.4) is 0 Å². The van der Waals surface area contributed by atoms with Crippen LogP contribution in [0.2, 0.25) is 5.02 Å². The molecular weight excluding hydrogens is 528 g/mol. The highest BCUT2D eigenvalue weighted by atomic mass is 35.5. The van der Waals surface area contributed by atoms with Gasteiger partial charge >= 0.3 is 0 Å². The molecule has 0 aliphatic carbocycles. The van der Waals surface area contributed by atoms with E-state index in [-0.39, 0.29) is 29.7 Å². The molecule has 4 aromatic rings. The van der Waals surface area contributed by atoms with Gasteiger partial charge < -0.3 is 34.7 Å². The van der Waals surface area contributed by atoms with Crippen LogP contribution in [0.25, 0.3) is 16.9 Å². The summed E-state index contributed by atoms with van der Waals surface area (Å²) in [5.41, 5.74) is 8.75. The second kappa shape index (κ2) is 9.44. The Kier molecular flexibility index (Phi) is 5.92. The first kappa shape index (κ1) is 24.4. The van der Waals surface area contributed by atoms with Gasteiger partial charge in [0.2, 0.25) is 6.79 Å². The summed E-state index contributed by atoms with van der Waals surface area (Å²) in [6.45, 7) is 0.213. The number of amides is 2. The van der Waals surface area contributed by atoms with Gasteiger partial charge in [0.1, 0.15) is 12.4 Å². The molecule has 3 N–H and O–H groups in total. The molecule has 2 amide bonds. The van der Waals surface area contributed by atoms with Crippen molar-refractivity contribution in [2.45, 2.75) is 6.61 Å². The average molecular weight is 549 g/mol. The van der Waals surface area contributed by atoms with E-state index in [0.717, 1.165) is 0 Å². The average Bonchev–Trinajstić information content (AvgIpc) is 3.57. The summed E-state index contributed by atoms with van der Waals surface area (Å²) in [7, 11) is 2.95. The monoisotopic (exact) mass is 548 g/mol. The molecule has 2 aliphatic heterocycles. The first-order valence-corrected chi connectivity index (χ1v) is 12.1. The molecule has 0 spiro atoms. The van der Waals surface area contributed by atoms with Crippen LogP contribution in [-0.4, -0.2) is 42.6 Å². The lowest BCUT2D eigenvalue weighted by atomic mass is 10.0. The van der Waals surface area contributed by atoms with Gasteiger partial charge in [-0.1, -0.05) is 11.6 Å². The molecule has 12 heteroatoms. The maximum absolute atomic E-state index is 13.2. The number of nitrogens with zero attached hydrogens (tertiary/aromatic N) is 2. The number of anilines is 1. The van der Waals surface area contributed by atoms with Crippen LogP contribution in [0.5, 0.6) is 28.7 Å². The van der Waals surface area contributed by atoms with Gasteiger partial charge in [0, 0.05) is 28.9 Å². The molecule has 3 aromatic carbocycles. The smallest absolute Gasteiger partial charge is 0.269 e. The summed E-state index contributed by atoms with van der Waals surface area (Å²) >= 11 is 6.35. The van der Waals surface area contributed by atoms with Gasteiger partial charge in [0.05, 0.1) is 36.2 Å². The van der Waals surface area contributed by atoms with Crippen LogP contribution in [0.1, 0.15) is 26.4 Å². The van der Waals surface area contributed by atoms with Crippen molar-refractivity contribution >= 4 is 29.1 Å². The first-order chi connectivity index (χ1) is 18.9. The molecule has 0 saturated carbocycles. The zero-order valence-electron chi connectivity index (χ0n) is 20.7. The van der Waals surface area contributed by atoms with Crippen molar-refractivity contribution in [3.8, 4) is 45.7 Å². The largest absolute Gasteiger partial charge is 0.493 e.